The molecule has 118 valence electrons. The third-order valence-electron chi connectivity index (χ3n) is 2.42. The fourth-order valence-electron chi connectivity index (χ4n) is 1.58. The number of rotatable bonds is 6. The van der Waals surface area contributed by atoms with Crippen molar-refractivity contribution in [1.82, 2.24) is 4.72 Å². The molecule has 0 amide bonds. The van der Waals surface area contributed by atoms with Crippen LogP contribution in [0.1, 0.15) is 5.56 Å². The molecule has 0 bridgehead atoms. The van der Waals surface area contributed by atoms with Crippen LogP contribution in [0.25, 0.3) is 0 Å². The van der Waals surface area contributed by atoms with E-state index in [2.05, 4.69) is 5.32 Å². The molecule has 0 aliphatic rings. The predicted molar refractivity (Wildman–Crippen MR) is 79.5 cm³/mol. The first-order valence-corrected chi connectivity index (χ1v) is 9.27. The second-order valence-corrected chi connectivity index (χ2v) is 8.02. The lowest BCUT2D eigenvalue weighted by molar-refractivity contribution is 0.353. The Labute approximate surface area is 122 Å². The Morgan fingerprint density at radius 1 is 1.38 bits per heavy atom. The second kappa shape index (κ2) is 6.54. The van der Waals surface area contributed by atoms with Crippen molar-refractivity contribution in [3.8, 4) is 0 Å². The van der Waals surface area contributed by atoms with Crippen LogP contribution < -0.4 is 15.8 Å². The molecule has 11 heteroatoms. The largest absolute Gasteiger partial charge is 0.370 e. The molecule has 0 fully saturated rings. The Balaban J connectivity index is 2.89. The highest BCUT2D eigenvalue weighted by atomic mass is 32.2. The molecule has 0 saturated carbocycles. The van der Waals surface area contributed by atoms with Crippen molar-refractivity contribution in [2.75, 3.05) is 11.6 Å². The number of guanidine groups is 1. The summed E-state index contributed by atoms with van der Waals surface area (Å²) in [5.41, 5.74) is 6.22. The summed E-state index contributed by atoms with van der Waals surface area (Å²) >= 11 is 0. The van der Waals surface area contributed by atoms with Gasteiger partial charge in [-0.1, -0.05) is 12.1 Å². The van der Waals surface area contributed by atoms with Gasteiger partial charge in [0.05, 0.1) is 6.26 Å². The number of nitrogens with two attached hydrogens (primary N) is 1. The van der Waals surface area contributed by atoms with E-state index in [-0.39, 0.29) is 12.4 Å². The molecule has 1 unspecified atom stereocenters. The van der Waals surface area contributed by atoms with Crippen molar-refractivity contribution in [1.29, 1.82) is 5.41 Å². The van der Waals surface area contributed by atoms with E-state index in [0.717, 1.165) is 6.26 Å². The van der Waals surface area contributed by atoms with Gasteiger partial charge in [-0.3, -0.25) is 9.97 Å². The summed E-state index contributed by atoms with van der Waals surface area (Å²) in [6.07, 6.45) is 0.660. The van der Waals surface area contributed by atoms with Crippen molar-refractivity contribution in [2.24, 2.45) is 5.73 Å². The van der Waals surface area contributed by atoms with Crippen LogP contribution >= 0.6 is 7.60 Å². The maximum Gasteiger partial charge on any atom is 0.343 e. The van der Waals surface area contributed by atoms with Crippen molar-refractivity contribution >= 4 is 29.3 Å². The smallest absolute Gasteiger partial charge is 0.343 e. The Kier molecular flexibility index (Phi) is 5.48. The van der Waals surface area contributed by atoms with Crippen LogP contribution in [0.15, 0.2) is 24.3 Å². The number of hydrogen-bond acceptors (Lipinski definition) is 4. The lowest BCUT2D eigenvalue weighted by atomic mass is 10.1. The van der Waals surface area contributed by atoms with Crippen molar-refractivity contribution in [3.63, 3.8) is 0 Å². The first-order chi connectivity index (χ1) is 9.47. The molecule has 0 spiro atoms. The van der Waals surface area contributed by atoms with Gasteiger partial charge in [-0.25, -0.2) is 8.42 Å². The topological polar surface area (TPSA) is 166 Å². The molecule has 0 aliphatic heterocycles. The van der Waals surface area contributed by atoms with Crippen LogP contribution in [0.5, 0.6) is 0 Å². The monoisotopic (exact) mass is 336 g/mol. The minimum Gasteiger partial charge on any atom is -0.370 e. The normalized spacial score (nSPS) is 13.7. The van der Waals surface area contributed by atoms with Gasteiger partial charge in [-0.05, 0) is 17.7 Å². The summed E-state index contributed by atoms with van der Waals surface area (Å²) in [7, 11) is -8.38. The number of nitrogens with one attached hydrogen (secondary N) is 3. The SMILES string of the molecule is CS(=O)(=O)NC(Cc1ccc(NC(=N)N)cc1)P(=O)(O)O. The zero-order valence-corrected chi connectivity index (χ0v) is 12.9. The third kappa shape index (κ3) is 6.69. The quantitative estimate of drug-likeness (QED) is 0.233. The molecule has 1 atom stereocenters. The van der Waals surface area contributed by atoms with E-state index in [1.807, 2.05) is 4.72 Å². The Bertz CT molecular complexity index is 655. The Morgan fingerprint density at radius 3 is 2.29 bits per heavy atom. The van der Waals surface area contributed by atoms with E-state index in [4.69, 9.17) is 11.1 Å². The highest BCUT2D eigenvalue weighted by Crippen LogP contribution is 2.41. The van der Waals surface area contributed by atoms with Gasteiger partial charge in [-0.15, -0.1) is 0 Å². The summed E-state index contributed by atoms with van der Waals surface area (Å²) in [5, 5.41) is 9.62. The van der Waals surface area contributed by atoms with Crippen molar-refractivity contribution in [3.05, 3.63) is 29.8 Å². The maximum absolute atomic E-state index is 11.3. The van der Waals surface area contributed by atoms with Gasteiger partial charge in [0, 0.05) is 12.1 Å². The van der Waals surface area contributed by atoms with Gasteiger partial charge < -0.3 is 20.8 Å². The van der Waals surface area contributed by atoms with Crippen LogP contribution in [-0.2, 0) is 21.0 Å². The molecular formula is C10H17N4O5PS. The lowest BCUT2D eigenvalue weighted by Crippen LogP contribution is -2.35. The summed E-state index contributed by atoms with van der Waals surface area (Å²) in [4.78, 5) is 18.4. The van der Waals surface area contributed by atoms with E-state index in [0.29, 0.717) is 11.3 Å². The molecule has 0 aliphatic carbocycles. The van der Waals surface area contributed by atoms with Crippen LogP contribution in [0.2, 0.25) is 0 Å². The standard InChI is InChI=1S/C10H17N4O5PS/c1-21(18,19)14-9(20(15,16)17)6-7-2-4-8(5-3-7)13-10(11)12/h2-5,9,14H,6H2,1H3,(H4,11,12,13)(H2,15,16,17). The van der Waals surface area contributed by atoms with E-state index in [9.17, 15) is 22.8 Å². The average Bonchev–Trinajstić information content (AvgIpc) is 2.27. The fraction of sp³-hybridized carbons (Fsp3) is 0.300. The minimum atomic E-state index is -4.63. The molecular weight excluding hydrogens is 319 g/mol. The van der Waals surface area contributed by atoms with E-state index < -0.39 is 23.4 Å². The highest BCUT2D eigenvalue weighted by Gasteiger charge is 2.31. The Morgan fingerprint density at radius 2 is 1.90 bits per heavy atom. The van der Waals surface area contributed by atoms with E-state index >= 15 is 0 Å². The number of benzene rings is 1. The molecule has 21 heavy (non-hydrogen) atoms. The molecule has 1 aromatic rings. The average molecular weight is 336 g/mol. The van der Waals surface area contributed by atoms with Gasteiger partial charge in [0.1, 0.15) is 5.78 Å². The Hall–Kier alpha value is -1.45. The van der Waals surface area contributed by atoms with Crippen LogP contribution in [0.4, 0.5) is 5.69 Å². The fourth-order valence-corrected chi connectivity index (χ4v) is 3.73. The van der Waals surface area contributed by atoms with Gasteiger partial charge in [0.25, 0.3) is 0 Å². The lowest BCUT2D eigenvalue weighted by Gasteiger charge is -2.19. The predicted octanol–water partition coefficient (Wildman–Crippen LogP) is -0.413. The summed E-state index contributed by atoms with van der Waals surface area (Å²) in [6.45, 7) is 0. The van der Waals surface area contributed by atoms with Gasteiger partial charge in [0.2, 0.25) is 10.0 Å². The second-order valence-electron chi connectivity index (χ2n) is 4.43. The molecule has 1 rings (SSSR count). The first-order valence-electron chi connectivity index (χ1n) is 5.70. The van der Waals surface area contributed by atoms with Crippen LogP contribution in [0, 0.1) is 5.41 Å². The minimum absolute atomic E-state index is 0.169. The molecule has 7 N–H and O–H groups in total. The summed E-state index contributed by atoms with van der Waals surface area (Å²) in [6, 6.07) is 6.23. The molecule has 0 radical (unpaired) electrons. The third-order valence-corrected chi connectivity index (χ3v) is 4.43. The van der Waals surface area contributed by atoms with Gasteiger partial charge >= 0.3 is 7.60 Å². The molecule has 0 saturated heterocycles. The van der Waals surface area contributed by atoms with Crippen LogP contribution in [0.3, 0.4) is 0 Å². The first kappa shape index (κ1) is 17.6. The molecule has 9 nitrogen and oxygen atoms in total. The zero-order chi connectivity index (χ0) is 16.3. The van der Waals surface area contributed by atoms with E-state index in [1.54, 1.807) is 24.3 Å². The number of anilines is 1. The van der Waals surface area contributed by atoms with Crippen LogP contribution in [-0.4, -0.2) is 36.2 Å². The van der Waals surface area contributed by atoms with Gasteiger partial charge in [0.15, 0.2) is 5.96 Å². The van der Waals surface area contributed by atoms with Crippen molar-refractivity contribution < 1.29 is 22.8 Å². The van der Waals surface area contributed by atoms with E-state index in [1.165, 1.54) is 0 Å². The molecule has 0 aromatic heterocycles. The maximum atomic E-state index is 11.3. The zero-order valence-electron chi connectivity index (χ0n) is 11.1. The number of sulfonamides is 1. The number of hydrogen-bond donors (Lipinski definition) is 6. The summed E-state index contributed by atoms with van der Waals surface area (Å²) in [5.74, 6) is -1.77. The molecule has 1 aromatic carbocycles. The molecule has 0 heterocycles. The highest BCUT2D eigenvalue weighted by molar-refractivity contribution is 7.89. The van der Waals surface area contributed by atoms with Gasteiger partial charge in [-0.2, -0.15) is 4.72 Å². The summed E-state index contributed by atoms with van der Waals surface area (Å²) < 4.78 is 35.6. The van der Waals surface area contributed by atoms with Crippen molar-refractivity contribution in [2.45, 2.75) is 12.2 Å².